The predicted molar refractivity (Wildman–Crippen MR) is 123 cm³/mol. The number of sulfone groups is 1. The number of methoxy groups -OCH3 is 1. The van der Waals surface area contributed by atoms with E-state index in [-0.39, 0.29) is 29.7 Å². The Balaban J connectivity index is 0.00000676. The maximum Gasteiger partial charge on any atom is 0.191 e. The van der Waals surface area contributed by atoms with Crippen LogP contribution in [0.5, 0.6) is 0 Å². The third-order valence-corrected chi connectivity index (χ3v) is 4.67. The minimum absolute atomic E-state index is 0. The van der Waals surface area contributed by atoms with Crippen LogP contribution < -0.4 is 10.6 Å². The van der Waals surface area contributed by atoms with Crippen LogP contribution in [0.1, 0.15) is 17.5 Å². The second kappa shape index (κ2) is 14.1. The Morgan fingerprint density at radius 1 is 1.15 bits per heavy atom. The third kappa shape index (κ3) is 13.0. The van der Waals surface area contributed by atoms with Crippen molar-refractivity contribution in [1.29, 1.82) is 0 Å². The highest BCUT2D eigenvalue weighted by atomic mass is 127. The Labute approximate surface area is 180 Å². The Hall–Kier alpha value is -0.910. The van der Waals surface area contributed by atoms with Crippen molar-refractivity contribution < 1.29 is 13.2 Å². The summed E-state index contributed by atoms with van der Waals surface area (Å²) in [5.74, 6) is 0.817. The van der Waals surface area contributed by atoms with Crippen molar-refractivity contribution in [2.45, 2.75) is 18.7 Å². The van der Waals surface area contributed by atoms with Gasteiger partial charge in [-0.05, 0) is 24.6 Å². The number of ether oxygens (including phenoxy) is 1. The fraction of sp³-hybridized carbons (Fsp3) is 0.611. The van der Waals surface area contributed by atoms with Crippen molar-refractivity contribution in [2.24, 2.45) is 4.99 Å². The summed E-state index contributed by atoms with van der Waals surface area (Å²) in [6.45, 7) is 4.13. The first-order valence-corrected chi connectivity index (χ1v) is 10.8. The van der Waals surface area contributed by atoms with Gasteiger partial charge in [-0.3, -0.25) is 4.99 Å². The molecule has 0 aliphatic rings. The van der Waals surface area contributed by atoms with Crippen molar-refractivity contribution >= 4 is 39.8 Å². The van der Waals surface area contributed by atoms with Gasteiger partial charge in [0, 0.05) is 53.2 Å². The number of guanidine groups is 1. The van der Waals surface area contributed by atoms with Gasteiger partial charge in [0.05, 0.1) is 5.75 Å². The molecule has 1 aromatic carbocycles. The summed E-state index contributed by atoms with van der Waals surface area (Å²) in [4.78, 5) is 6.47. The molecular formula is C18H33IN4O3S. The van der Waals surface area contributed by atoms with Crippen LogP contribution in [0.4, 0.5) is 0 Å². The maximum absolute atomic E-state index is 11.3. The molecule has 1 rings (SSSR count). The molecule has 1 aromatic rings. The normalized spacial score (nSPS) is 12.0. The Bertz CT molecular complexity index is 651. The van der Waals surface area contributed by atoms with Gasteiger partial charge in [-0.25, -0.2) is 8.42 Å². The number of likely N-dealkylation sites (N-methyl/N-ethyl adjacent to an activating group) is 1. The highest BCUT2D eigenvalue weighted by molar-refractivity contribution is 14.0. The molecule has 0 atom stereocenters. The second-order valence-corrected chi connectivity index (χ2v) is 8.53. The van der Waals surface area contributed by atoms with Crippen molar-refractivity contribution in [1.82, 2.24) is 15.5 Å². The fourth-order valence-electron chi connectivity index (χ4n) is 2.42. The van der Waals surface area contributed by atoms with Crippen LogP contribution in [0.15, 0.2) is 29.3 Å². The van der Waals surface area contributed by atoms with E-state index in [1.165, 1.54) is 6.26 Å². The number of aliphatic imine (C=N–C) groups is 1. The van der Waals surface area contributed by atoms with E-state index in [0.717, 1.165) is 49.7 Å². The zero-order valence-electron chi connectivity index (χ0n) is 16.7. The summed E-state index contributed by atoms with van der Waals surface area (Å²) < 4.78 is 27.7. The van der Waals surface area contributed by atoms with Gasteiger partial charge < -0.3 is 20.3 Å². The summed E-state index contributed by atoms with van der Waals surface area (Å²) in [5, 5.41) is 6.55. The molecule has 0 saturated heterocycles. The van der Waals surface area contributed by atoms with Crippen LogP contribution >= 0.6 is 24.0 Å². The summed E-state index contributed by atoms with van der Waals surface area (Å²) >= 11 is 0. The van der Waals surface area contributed by atoms with Gasteiger partial charge in [-0.1, -0.05) is 24.3 Å². The van der Waals surface area contributed by atoms with E-state index in [9.17, 15) is 8.42 Å². The number of nitrogens with zero attached hydrogens (tertiary/aromatic N) is 2. The number of hydrogen-bond acceptors (Lipinski definition) is 5. The fourth-order valence-corrected chi connectivity index (χ4v) is 3.22. The lowest BCUT2D eigenvalue weighted by molar-refractivity contribution is 0.180. The Morgan fingerprint density at radius 2 is 1.78 bits per heavy atom. The largest absolute Gasteiger partial charge is 0.385 e. The van der Waals surface area contributed by atoms with E-state index in [1.54, 1.807) is 14.2 Å². The smallest absolute Gasteiger partial charge is 0.191 e. The molecule has 9 heteroatoms. The van der Waals surface area contributed by atoms with Crippen LogP contribution in [0.25, 0.3) is 0 Å². The molecule has 0 fully saturated rings. The third-order valence-electron chi connectivity index (χ3n) is 3.81. The molecule has 7 nitrogen and oxygen atoms in total. The first kappa shape index (κ1) is 26.1. The minimum atomic E-state index is -3.00. The summed E-state index contributed by atoms with van der Waals surface area (Å²) in [6, 6.07) is 7.57. The molecule has 0 saturated carbocycles. The quantitative estimate of drug-likeness (QED) is 0.202. The van der Waals surface area contributed by atoms with E-state index in [1.807, 2.05) is 24.3 Å². The zero-order chi connectivity index (χ0) is 19.4. The molecule has 0 radical (unpaired) electrons. The average Bonchev–Trinajstić information content (AvgIpc) is 2.58. The number of halogens is 1. The van der Waals surface area contributed by atoms with E-state index in [4.69, 9.17) is 4.74 Å². The molecule has 0 amide bonds. The minimum Gasteiger partial charge on any atom is -0.385 e. The standard InChI is InChI=1S/C18H32N4O3S.HI/c1-19-18(20-10-12-22(2)11-5-13-25-3)21-14-16-6-8-17(9-7-16)15-26(4,23)24;/h6-9H,5,10-15H2,1-4H3,(H2,19,20,21);1H. The topological polar surface area (TPSA) is 83.0 Å². The van der Waals surface area contributed by atoms with Gasteiger partial charge in [0.15, 0.2) is 15.8 Å². The van der Waals surface area contributed by atoms with Crippen molar-refractivity contribution in [2.75, 3.05) is 53.7 Å². The van der Waals surface area contributed by atoms with Gasteiger partial charge >= 0.3 is 0 Å². The van der Waals surface area contributed by atoms with Crippen molar-refractivity contribution in [3.8, 4) is 0 Å². The highest BCUT2D eigenvalue weighted by Gasteiger charge is 2.05. The van der Waals surface area contributed by atoms with Gasteiger partial charge in [-0.15, -0.1) is 24.0 Å². The number of rotatable bonds is 11. The molecule has 156 valence electrons. The lowest BCUT2D eigenvalue weighted by atomic mass is 10.1. The zero-order valence-corrected chi connectivity index (χ0v) is 19.8. The summed E-state index contributed by atoms with van der Waals surface area (Å²) in [7, 11) is 2.55. The van der Waals surface area contributed by atoms with E-state index >= 15 is 0 Å². The number of hydrogen-bond donors (Lipinski definition) is 2. The van der Waals surface area contributed by atoms with Gasteiger partial charge in [0.1, 0.15) is 0 Å². The monoisotopic (exact) mass is 512 g/mol. The lowest BCUT2D eigenvalue weighted by Gasteiger charge is -2.18. The van der Waals surface area contributed by atoms with Crippen LogP contribution in [0.3, 0.4) is 0 Å². The Kier molecular flexibility index (Phi) is 13.7. The highest BCUT2D eigenvalue weighted by Crippen LogP contribution is 2.07. The SMILES string of the molecule is CN=C(NCCN(C)CCCOC)NCc1ccc(CS(C)(=O)=O)cc1.I. The van der Waals surface area contributed by atoms with Gasteiger partial charge in [0.2, 0.25) is 0 Å². The molecule has 0 unspecified atom stereocenters. The molecule has 0 aromatic heterocycles. The molecule has 27 heavy (non-hydrogen) atoms. The van der Waals surface area contributed by atoms with E-state index in [2.05, 4.69) is 27.6 Å². The number of benzene rings is 1. The average molecular weight is 512 g/mol. The molecule has 2 N–H and O–H groups in total. The van der Waals surface area contributed by atoms with Crippen molar-refractivity contribution in [3.63, 3.8) is 0 Å². The van der Waals surface area contributed by atoms with Gasteiger partial charge in [0.25, 0.3) is 0 Å². The molecular weight excluding hydrogens is 479 g/mol. The van der Waals surface area contributed by atoms with Crippen LogP contribution in [0.2, 0.25) is 0 Å². The van der Waals surface area contributed by atoms with Crippen LogP contribution in [-0.4, -0.2) is 73.0 Å². The molecule has 0 spiro atoms. The molecule has 0 aliphatic carbocycles. The molecule has 0 bridgehead atoms. The summed E-state index contributed by atoms with van der Waals surface area (Å²) in [5.41, 5.74) is 1.87. The molecule has 0 heterocycles. The van der Waals surface area contributed by atoms with E-state index < -0.39 is 9.84 Å². The second-order valence-electron chi connectivity index (χ2n) is 6.39. The van der Waals surface area contributed by atoms with Crippen molar-refractivity contribution in [3.05, 3.63) is 35.4 Å². The first-order chi connectivity index (χ1) is 12.3. The summed E-state index contributed by atoms with van der Waals surface area (Å²) in [6.07, 6.45) is 2.27. The van der Waals surface area contributed by atoms with Gasteiger partial charge in [-0.2, -0.15) is 0 Å². The Morgan fingerprint density at radius 3 is 2.33 bits per heavy atom. The number of nitrogens with one attached hydrogen (secondary N) is 2. The maximum atomic E-state index is 11.3. The van der Waals surface area contributed by atoms with Crippen LogP contribution in [-0.2, 0) is 26.9 Å². The van der Waals surface area contributed by atoms with E-state index in [0.29, 0.717) is 6.54 Å². The van der Waals surface area contributed by atoms with Crippen LogP contribution in [0, 0.1) is 0 Å². The predicted octanol–water partition coefficient (Wildman–Crippen LogP) is 1.48. The first-order valence-electron chi connectivity index (χ1n) is 8.71. The molecule has 0 aliphatic heterocycles. The lowest BCUT2D eigenvalue weighted by Crippen LogP contribution is -2.40.